The van der Waals surface area contributed by atoms with Crippen LogP contribution in [-0.4, -0.2) is 100 Å². The van der Waals surface area contributed by atoms with E-state index >= 15 is 0 Å². The van der Waals surface area contributed by atoms with Gasteiger partial charge >= 0.3 is 0 Å². The van der Waals surface area contributed by atoms with Gasteiger partial charge in [0.05, 0.1) is 38.5 Å². The Morgan fingerprint density at radius 1 is 0.654 bits per heavy atom. The minimum Gasteiger partial charge on any atom is -0.494 e. The Morgan fingerprint density at radius 2 is 1.06 bits per heavy atom. The van der Waals surface area contributed by atoms with E-state index in [1.54, 1.807) is 24.3 Å². The van der Waals surface area contributed by atoms with Crippen LogP contribution in [0.25, 0.3) is 9.69 Å². The van der Waals surface area contributed by atoms with Crippen molar-refractivity contribution in [3.63, 3.8) is 0 Å². The summed E-state index contributed by atoms with van der Waals surface area (Å²) in [4.78, 5) is 10.9. The molecular weight excluding hydrogens is 739 g/mol. The van der Waals surface area contributed by atoms with Crippen molar-refractivity contribution in [2.45, 2.75) is 19.3 Å². The number of piperazine rings is 2. The van der Waals surface area contributed by atoms with E-state index in [9.17, 15) is 13.2 Å². The molecule has 0 atom stereocenters. The SMILES string of the molecule is C1CNCCN1.[C-]#[N+]c1ccc(OCCCBr)cc1F.[C-]#[N+]c1ccc(OCCCN2CCN(CCCOc3ccc(C#N)c(F)c3)CC2)cc1F. The van der Waals surface area contributed by atoms with Gasteiger partial charge in [-0.2, -0.15) is 5.26 Å². The Bertz CT molecular complexity index is 1540. The lowest BCUT2D eigenvalue weighted by Gasteiger charge is -2.34. The van der Waals surface area contributed by atoms with Gasteiger partial charge in [0, 0.05) is 89.0 Å². The molecule has 2 aliphatic heterocycles. The van der Waals surface area contributed by atoms with Crippen molar-refractivity contribution in [1.82, 2.24) is 20.4 Å². The van der Waals surface area contributed by atoms with Gasteiger partial charge in [0.15, 0.2) is 0 Å². The third-order valence-corrected chi connectivity index (χ3v) is 8.44. The minimum absolute atomic E-state index is 0.00457. The lowest BCUT2D eigenvalue weighted by Crippen LogP contribution is -2.47. The second-order valence-electron chi connectivity index (χ2n) is 11.7. The molecule has 0 saturated carbocycles. The molecule has 2 saturated heterocycles. The summed E-state index contributed by atoms with van der Waals surface area (Å²) in [5.41, 5.74) is 0.0497. The molecule has 2 aliphatic rings. The number of alkyl halides is 1. The van der Waals surface area contributed by atoms with Crippen molar-refractivity contribution < 1.29 is 27.4 Å². The first-order valence-electron chi connectivity index (χ1n) is 17.2. The maximum absolute atomic E-state index is 13.6. The second kappa shape index (κ2) is 24.8. The topological polar surface area (TPSA) is 90.7 Å². The number of nitrogens with zero attached hydrogens (tertiary/aromatic N) is 5. The number of hydrogen-bond acceptors (Lipinski definition) is 8. The number of rotatable bonds is 14. The molecule has 52 heavy (non-hydrogen) atoms. The smallest absolute Gasteiger partial charge is 0.222 e. The normalized spacial score (nSPS) is 14.2. The van der Waals surface area contributed by atoms with Crippen LogP contribution in [0, 0.1) is 41.9 Å². The summed E-state index contributed by atoms with van der Waals surface area (Å²) in [6, 6.07) is 14.7. The van der Waals surface area contributed by atoms with Crippen LogP contribution in [0.2, 0.25) is 0 Å². The monoisotopic (exact) mass is 783 g/mol. The first-order valence-corrected chi connectivity index (χ1v) is 18.3. The molecule has 10 nitrogen and oxygen atoms in total. The van der Waals surface area contributed by atoms with Gasteiger partial charge in [-0.1, -0.05) is 15.9 Å². The van der Waals surface area contributed by atoms with Crippen LogP contribution in [0.15, 0.2) is 54.6 Å². The molecule has 0 amide bonds. The van der Waals surface area contributed by atoms with Crippen molar-refractivity contribution in [2.24, 2.45) is 0 Å². The van der Waals surface area contributed by atoms with Gasteiger partial charge < -0.3 is 34.6 Å². The predicted octanol–water partition coefficient (Wildman–Crippen LogP) is 6.96. The third kappa shape index (κ3) is 15.9. The number of ether oxygens (including phenoxy) is 3. The Morgan fingerprint density at radius 3 is 1.40 bits per heavy atom. The average molecular weight is 785 g/mol. The van der Waals surface area contributed by atoms with Crippen molar-refractivity contribution in [1.29, 1.82) is 5.26 Å². The molecule has 0 bridgehead atoms. The molecule has 2 N–H and O–H groups in total. The zero-order chi connectivity index (χ0) is 37.4. The molecule has 0 radical (unpaired) electrons. The van der Waals surface area contributed by atoms with Gasteiger partial charge in [-0.05, 0) is 55.7 Å². The molecule has 2 heterocycles. The second-order valence-corrected chi connectivity index (χ2v) is 12.5. The molecule has 278 valence electrons. The quantitative estimate of drug-likeness (QED) is 0.103. The summed E-state index contributed by atoms with van der Waals surface area (Å²) in [6.07, 6.45) is 2.56. The molecule has 2 fully saturated rings. The number of benzene rings is 3. The summed E-state index contributed by atoms with van der Waals surface area (Å²) in [7, 11) is 0. The van der Waals surface area contributed by atoms with E-state index in [4.69, 9.17) is 32.6 Å². The molecule has 0 spiro atoms. The van der Waals surface area contributed by atoms with Crippen LogP contribution in [0.4, 0.5) is 24.5 Å². The Balaban J connectivity index is 0.000000297. The van der Waals surface area contributed by atoms with Crippen molar-refractivity contribution in [3.05, 3.63) is 100 Å². The summed E-state index contributed by atoms with van der Waals surface area (Å²) < 4.78 is 56.6. The lowest BCUT2D eigenvalue weighted by molar-refractivity contribution is 0.120. The standard InChI is InChI=1S/C24H26F2N4O2.C10H9BrFNO.C4H10N2/c1-28-24-7-6-21(17-23(24)26)32-15-3-9-30-12-10-29(11-13-30)8-2-14-31-20-5-4-19(18-27)22(25)16-20;1-13-10-4-3-8(7-9(10)12)14-6-2-5-11;1-2-6-4-3-5-1/h4-7,16-17H,2-3,8-15H2;3-4,7H,2,5-6H2;5-6H,1-4H2. The Kier molecular flexibility index (Phi) is 20.0. The molecule has 0 unspecified atom stereocenters. The Labute approximate surface area is 313 Å². The predicted molar refractivity (Wildman–Crippen MR) is 199 cm³/mol. The summed E-state index contributed by atoms with van der Waals surface area (Å²) in [5, 5.41) is 16.1. The Hall–Kier alpha value is -4.36. The number of nitriles is 1. The highest BCUT2D eigenvalue weighted by Crippen LogP contribution is 2.24. The fourth-order valence-corrected chi connectivity index (χ4v) is 5.28. The fraction of sp³-hybridized carbons (Fsp3) is 0.447. The molecule has 3 aromatic carbocycles. The van der Waals surface area contributed by atoms with Crippen LogP contribution in [0.1, 0.15) is 24.8 Å². The maximum atomic E-state index is 13.6. The molecule has 0 aliphatic carbocycles. The van der Waals surface area contributed by atoms with E-state index < -0.39 is 17.5 Å². The number of hydrogen-bond donors (Lipinski definition) is 2. The maximum Gasteiger partial charge on any atom is 0.222 e. The van der Waals surface area contributed by atoms with E-state index in [-0.39, 0.29) is 16.9 Å². The van der Waals surface area contributed by atoms with Gasteiger partial charge in [-0.15, -0.1) is 0 Å². The molecular formula is C38H45BrF3N7O3. The highest BCUT2D eigenvalue weighted by Gasteiger charge is 2.16. The highest BCUT2D eigenvalue weighted by atomic mass is 79.9. The van der Waals surface area contributed by atoms with E-state index in [0.717, 1.165) is 90.0 Å². The summed E-state index contributed by atoms with van der Waals surface area (Å²) in [6.45, 7) is 25.4. The van der Waals surface area contributed by atoms with Gasteiger partial charge in [0.2, 0.25) is 11.4 Å². The largest absolute Gasteiger partial charge is 0.494 e. The van der Waals surface area contributed by atoms with Crippen LogP contribution in [-0.2, 0) is 0 Å². The zero-order valence-corrected chi connectivity index (χ0v) is 30.8. The summed E-state index contributed by atoms with van der Waals surface area (Å²) in [5.74, 6) is -0.281. The van der Waals surface area contributed by atoms with E-state index in [1.807, 2.05) is 0 Å². The minimum atomic E-state index is -0.559. The van der Waals surface area contributed by atoms with Crippen molar-refractivity contribution >= 4 is 27.3 Å². The van der Waals surface area contributed by atoms with E-state index in [0.29, 0.717) is 37.1 Å². The first-order chi connectivity index (χ1) is 25.4. The van der Waals surface area contributed by atoms with Gasteiger partial charge in [-0.25, -0.2) is 22.9 Å². The van der Waals surface area contributed by atoms with Gasteiger partial charge in [0.1, 0.15) is 40.8 Å². The van der Waals surface area contributed by atoms with Crippen LogP contribution in [0.3, 0.4) is 0 Å². The van der Waals surface area contributed by atoms with Crippen molar-refractivity contribution in [3.8, 4) is 23.3 Å². The zero-order valence-electron chi connectivity index (χ0n) is 29.2. The van der Waals surface area contributed by atoms with Crippen LogP contribution < -0.4 is 24.8 Å². The number of halogens is 4. The average Bonchev–Trinajstić information content (AvgIpc) is 3.17. The lowest BCUT2D eigenvalue weighted by atomic mass is 10.2. The highest BCUT2D eigenvalue weighted by molar-refractivity contribution is 9.09. The molecule has 3 aromatic rings. The van der Waals surface area contributed by atoms with Crippen LogP contribution >= 0.6 is 15.9 Å². The fourth-order valence-electron chi connectivity index (χ4n) is 5.05. The molecule has 5 rings (SSSR count). The molecule has 0 aromatic heterocycles. The van der Waals surface area contributed by atoms with Gasteiger partial charge in [-0.3, -0.25) is 0 Å². The third-order valence-electron chi connectivity index (χ3n) is 7.88. The van der Waals surface area contributed by atoms with E-state index in [2.05, 4.69) is 46.1 Å². The molecule has 14 heteroatoms. The van der Waals surface area contributed by atoms with Crippen molar-refractivity contribution in [2.75, 3.05) is 90.6 Å². The van der Waals surface area contributed by atoms with Crippen LogP contribution in [0.5, 0.6) is 17.2 Å². The summed E-state index contributed by atoms with van der Waals surface area (Å²) >= 11 is 3.27. The van der Waals surface area contributed by atoms with E-state index in [1.165, 1.54) is 36.4 Å². The number of nitrogens with one attached hydrogen (secondary N) is 2. The first kappa shape index (κ1) is 42.1. The van der Waals surface area contributed by atoms with Gasteiger partial charge in [0.25, 0.3) is 0 Å².